The molecule has 2 spiro atoms. The van der Waals surface area contributed by atoms with Gasteiger partial charge in [-0.3, -0.25) is 19.3 Å². The SMILES string of the molecule is O=C(c1ccc(Cl)cc1Cl)C1C2CCCN2C2(C(=O)Nc3c(Cl)cccc32)C12C(=O)Nc1ccccc12. The van der Waals surface area contributed by atoms with Crippen molar-refractivity contribution in [2.45, 2.75) is 29.8 Å². The van der Waals surface area contributed by atoms with Crippen LogP contribution in [0.5, 0.6) is 0 Å². The first-order chi connectivity index (χ1) is 17.8. The average molecular weight is 553 g/mol. The Morgan fingerprint density at radius 2 is 1.68 bits per heavy atom. The van der Waals surface area contributed by atoms with Crippen LogP contribution in [0.1, 0.15) is 34.3 Å². The Balaban J connectivity index is 1.60. The molecule has 0 aromatic heterocycles. The van der Waals surface area contributed by atoms with Gasteiger partial charge < -0.3 is 10.6 Å². The van der Waals surface area contributed by atoms with Gasteiger partial charge >= 0.3 is 0 Å². The second-order valence-electron chi connectivity index (χ2n) is 10.0. The van der Waals surface area contributed by atoms with Gasteiger partial charge in [-0.15, -0.1) is 0 Å². The molecule has 4 aliphatic heterocycles. The molecule has 0 saturated carbocycles. The van der Waals surface area contributed by atoms with E-state index in [1.54, 1.807) is 24.3 Å². The Kier molecular flexibility index (Phi) is 4.90. The zero-order valence-electron chi connectivity index (χ0n) is 19.4. The second kappa shape index (κ2) is 7.81. The molecule has 0 aliphatic carbocycles. The molecular weight excluding hydrogens is 533 g/mol. The highest BCUT2D eigenvalue weighted by Gasteiger charge is 2.81. The number of halogens is 3. The topological polar surface area (TPSA) is 78.5 Å². The maximum Gasteiger partial charge on any atom is 0.251 e. The van der Waals surface area contributed by atoms with Crippen LogP contribution >= 0.6 is 34.8 Å². The lowest BCUT2D eigenvalue weighted by atomic mass is 9.57. The fourth-order valence-electron chi connectivity index (χ4n) is 7.43. The van der Waals surface area contributed by atoms with E-state index in [-0.39, 0.29) is 34.2 Å². The van der Waals surface area contributed by atoms with Crippen LogP contribution in [0.2, 0.25) is 15.1 Å². The summed E-state index contributed by atoms with van der Waals surface area (Å²) in [4.78, 5) is 45.4. The Bertz CT molecular complexity index is 1560. The van der Waals surface area contributed by atoms with Crippen molar-refractivity contribution in [1.82, 2.24) is 4.90 Å². The minimum absolute atomic E-state index is 0.212. The van der Waals surface area contributed by atoms with Crippen LogP contribution in [0.25, 0.3) is 0 Å². The lowest BCUT2D eigenvalue weighted by Crippen LogP contribution is -2.62. The highest BCUT2D eigenvalue weighted by atomic mass is 35.5. The average Bonchev–Trinajstić information content (AvgIpc) is 3.58. The molecule has 37 heavy (non-hydrogen) atoms. The van der Waals surface area contributed by atoms with Crippen molar-refractivity contribution in [3.05, 3.63) is 92.4 Å². The van der Waals surface area contributed by atoms with Gasteiger partial charge in [0.15, 0.2) is 5.78 Å². The van der Waals surface area contributed by atoms with Gasteiger partial charge in [0.25, 0.3) is 5.91 Å². The van der Waals surface area contributed by atoms with Crippen LogP contribution < -0.4 is 10.6 Å². The zero-order valence-corrected chi connectivity index (χ0v) is 21.6. The molecule has 2 N–H and O–H groups in total. The van der Waals surface area contributed by atoms with Gasteiger partial charge in [-0.25, -0.2) is 0 Å². The van der Waals surface area contributed by atoms with Crippen molar-refractivity contribution in [3.8, 4) is 0 Å². The number of fused-ring (bicyclic) bond motifs is 7. The molecule has 3 aromatic rings. The Morgan fingerprint density at radius 3 is 2.49 bits per heavy atom. The largest absolute Gasteiger partial charge is 0.325 e. The Hall–Kier alpha value is -2.90. The summed E-state index contributed by atoms with van der Waals surface area (Å²) in [6.45, 7) is 0.555. The van der Waals surface area contributed by atoms with Crippen molar-refractivity contribution < 1.29 is 14.4 Å². The molecule has 3 aromatic carbocycles. The molecule has 4 atom stereocenters. The Morgan fingerprint density at radius 1 is 0.892 bits per heavy atom. The van der Waals surface area contributed by atoms with E-state index in [0.717, 1.165) is 6.42 Å². The van der Waals surface area contributed by atoms with Crippen LogP contribution in [0, 0.1) is 5.92 Å². The van der Waals surface area contributed by atoms with E-state index in [2.05, 4.69) is 15.5 Å². The summed E-state index contributed by atoms with van der Waals surface area (Å²) in [6.07, 6.45) is 1.44. The van der Waals surface area contributed by atoms with Gasteiger partial charge in [0.05, 0.1) is 21.7 Å². The number of para-hydroxylation sites is 2. The lowest BCUT2D eigenvalue weighted by molar-refractivity contribution is -0.137. The summed E-state index contributed by atoms with van der Waals surface area (Å²) in [5.74, 6) is -1.90. The maximum absolute atomic E-state index is 14.6. The van der Waals surface area contributed by atoms with Gasteiger partial charge in [-0.05, 0) is 55.3 Å². The van der Waals surface area contributed by atoms with Crippen LogP contribution in [0.15, 0.2) is 60.7 Å². The van der Waals surface area contributed by atoms with E-state index >= 15 is 0 Å². The van der Waals surface area contributed by atoms with Crippen molar-refractivity contribution >= 4 is 63.8 Å². The minimum Gasteiger partial charge on any atom is -0.325 e. The highest BCUT2D eigenvalue weighted by Crippen LogP contribution is 2.68. The van der Waals surface area contributed by atoms with Crippen molar-refractivity contribution in [2.75, 3.05) is 17.2 Å². The molecule has 9 heteroatoms. The fraction of sp³-hybridized carbons (Fsp3) is 0.250. The molecule has 2 fully saturated rings. The number of ketones is 1. The third kappa shape index (κ3) is 2.64. The third-order valence-corrected chi connectivity index (χ3v) is 9.42. The van der Waals surface area contributed by atoms with Crippen molar-refractivity contribution in [2.24, 2.45) is 5.92 Å². The molecule has 0 radical (unpaired) electrons. The number of hydrogen-bond donors (Lipinski definition) is 2. The van der Waals surface area contributed by atoms with E-state index in [0.29, 0.717) is 45.5 Å². The maximum atomic E-state index is 14.6. The number of amides is 2. The summed E-state index contributed by atoms with van der Waals surface area (Å²) in [6, 6.07) is 17.0. The van der Waals surface area contributed by atoms with Crippen LogP contribution in [-0.2, 0) is 20.5 Å². The van der Waals surface area contributed by atoms with Crippen LogP contribution in [0.4, 0.5) is 11.4 Å². The van der Waals surface area contributed by atoms with Gasteiger partial charge in [0.1, 0.15) is 11.0 Å². The van der Waals surface area contributed by atoms with E-state index in [1.807, 2.05) is 30.3 Å². The molecule has 4 heterocycles. The summed E-state index contributed by atoms with van der Waals surface area (Å²) in [5.41, 5.74) is -0.423. The number of hydrogen-bond acceptors (Lipinski definition) is 4. The number of nitrogens with one attached hydrogen (secondary N) is 2. The number of carbonyl (C=O) groups is 3. The van der Waals surface area contributed by atoms with Gasteiger partial charge in [0.2, 0.25) is 5.91 Å². The first-order valence-corrected chi connectivity index (χ1v) is 13.2. The molecule has 4 unspecified atom stereocenters. The summed E-state index contributed by atoms with van der Waals surface area (Å²) in [5, 5.41) is 7.00. The molecule has 186 valence electrons. The predicted molar refractivity (Wildman–Crippen MR) is 143 cm³/mol. The van der Waals surface area contributed by atoms with Gasteiger partial charge in [0, 0.05) is 27.9 Å². The number of nitrogens with zero attached hydrogens (tertiary/aromatic N) is 1. The number of rotatable bonds is 2. The van der Waals surface area contributed by atoms with E-state index in [1.165, 1.54) is 6.07 Å². The molecule has 2 saturated heterocycles. The number of anilines is 2. The molecule has 7 rings (SSSR count). The molecule has 0 bridgehead atoms. The first kappa shape index (κ1) is 23.2. The number of benzene rings is 3. The van der Waals surface area contributed by atoms with Crippen molar-refractivity contribution in [1.29, 1.82) is 0 Å². The quantitative estimate of drug-likeness (QED) is 0.402. The third-order valence-electron chi connectivity index (χ3n) is 8.56. The van der Waals surface area contributed by atoms with E-state index < -0.39 is 16.9 Å². The monoisotopic (exact) mass is 551 g/mol. The lowest BCUT2D eigenvalue weighted by Gasteiger charge is -2.43. The first-order valence-electron chi connectivity index (χ1n) is 12.1. The smallest absolute Gasteiger partial charge is 0.251 e. The summed E-state index contributed by atoms with van der Waals surface area (Å²) >= 11 is 19.3. The van der Waals surface area contributed by atoms with Crippen LogP contribution in [-0.4, -0.2) is 35.1 Å². The highest BCUT2D eigenvalue weighted by molar-refractivity contribution is 6.37. The second-order valence-corrected chi connectivity index (χ2v) is 11.3. The molecule has 6 nitrogen and oxygen atoms in total. The fourth-order valence-corrected chi connectivity index (χ4v) is 8.15. The normalized spacial score (nSPS) is 29.4. The molecular formula is C28H20Cl3N3O3. The van der Waals surface area contributed by atoms with Crippen molar-refractivity contribution in [3.63, 3.8) is 0 Å². The summed E-state index contributed by atoms with van der Waals surface area (Å²) < 4.78 is 0. The van der Waals surface area contributed by atoms with Gasteiger partial charge in [-0.2, -0.15) is 0 Å². The van der Waals surface area contributed by atoms with Gasteiger partial charge in [-0.1, -0.05) is 65.1 Å². The number of carbonyl (C=O) groups excluding carboxylic acids is 3. The zero-order chi connectivity index (χ0) is 25.7. The standard InChI is InChI=1S/C28H20Cl3N3O3/c29-14-10-11-15(19(31)13-14)24(35)22-21-9-4-12-34(21)28(17-6-3-7-18(30)23(17)33-26(28)37)27(22)16-5-1-2-8-20(16)32-25(27)36/h1-3,5-8,10-11,13,21-22H,4,9,12H2,(H,32,36)(H,33,37). The Labute approximate surface area is 227 Å². The van der Waals surface area contributed by atoms with Crippen LogP contribution in [0.3, 0.4) is 0 Å². The number of Topliss-reactive ketones (excluding diaryl/α,β-unsaturated/α-hetero) is 1. The van der Waals surface area contributed by atoms with E-state index in [9.17, 15) is 14.4 Å². The predicted octanol–water partition coefficient (Wildman–Crippen LogP) is 5.66. The van der Waals surface area contributed by atoms with E-state index in [4.69, 9.17) is 34.8 Å². The molecule has 2 amide bonds. The minimum atomic E-state index is -1.55. The molecule has 4 aliphatic rings. The summed E-state index contributed by atoms with van der Waals surface area (Å²) in [7, 11) is 0.